The van der Waals surface area contributed by atoms with Crippen molar-refractivity contribution in [2.75, 3.05) is 17.2 Å². The van der Waals surface area contributed by atoms with Crippen LogP contribution < -0.4 is 16.0 Å². The molecule has 3 N–H and O–H groups in total. The molecule has 8 heteroatoms. The lowest BCUT2D eigenvalue weighted by atomic mass is 9.87. The van der Waals surface area contributed by atoms with E-state index in [9.17, 15) is 19.2 Å². The van der Waals surface area contributed by atoms with E-state index in [0.29, 0.717) is 23.4 Å². The predicted molar refractivity (Wildman–Crippen MR) is 108 cm³/mol. The molecule has 1 saturated heterocycles. The molecule has 1 unspecified atom stereocenters. The molecule has 0 saturated carbocycles. The molecule has 1 fully saturated rings. The fraction of sp³-hybridized carbons (Fsp3) is 0.238. The van der Waals surface area contributed by atoms with E-state index >= 15 is 0 Å². The molecule has 0 aliphatic carbocycles. The quantitative estimate of drug-likeness (QED) is 0.654. The van der Waals surface area contributed by atoms with Crippen molar-refractivity contribution in [3.05, 3.63) is 60.2 Å². The van der Waals surface area contributed by atoms with E-state index in [1.54, 1.807) is 48.5 Å². The second-order valence-electron chi connectivity index (χ2n) is 6.75. The minimum atomic E-state index is -1.17. The zero-order valence-electron chi connectivity index (χ0n) is 16.2. The smallest absolute Gasteiger partial charge is 0.325 e. The summed E-state index contributed by atoms with van der Waals surface area (Å²) in [7, 11) is 0. The monoisotopic (exact) mass is 394 g/mol. The Labute approximate surface area is 168 Å². The van der Waals surface area contributed by atoms with Gasteiger partial charge in [0.05, 0.1) is 0 Å². The number of carbonyl (C=O) groups is 4. The summed E-state index contributed by atoms with van der Waals surface area (Å²) in [6.45, 7) is 2.82. The molecule has 8 nitrogen and oxygen atoms in total. The largest absolute Gasteiger partial charge is 0.326 e. The number of rotatable bonds is 6. The van der Waals surface area contributed by atoms with Crippen LogP contribution in [0.1, 0.15) is 25.8 Å². The van der Waals surface area contributed by atoms with Crippen LogP contribution in [0, 0.1) is 0 Å². The Morgan fingerprint density at radius 1 is 0.966 bits per heavy atom. The summed E-state index contributed by atoms with van der Waals surface area (Å²) in [5.41, 5.74) is 0.594. The van der Waals surface area contributed by atoms with E-state index in [4.69, 9.17) is 0 Å². The van der Waals surface area contributed by atoms with Crippen LogP contribution >= 0.6 is 0 Å². The zero-order valence-corrected chi connectivity index (χ0v) is 16.2. The average Bonchev–Trinajstić information content (AvgIpc) is 2.95. The topological polar surface area (TPSA) is 108 Å². The van der Waals surface area contributed by atoms with Crippen LogP contribution in [0.3, 0.4) is 0 Å². The maximum atomic E-state index is 13.0. The molecule has 2 aromatic carbocycles. The number of benzene rings is 2. The maximum absolute atomic E-state index is 13.0. The number of hydrogen-bond acceptors (Lipinski definition) is 4. The molecule has 150 valence electrons. The van der Waals surface area contributed by atoms with Crippen molar-refractivity contribution in [3.63, 3.8) is 0 Å². The minimum Gasteiger partial charge on any atom is -0.326 e. The van der Waals surface area contributed by atoms with Crippen molar-refractivity contribution in [2.24, 2.45) is 0 Å². The number of anilines is 2. The van der Waals surface area contributed by atoms with E-state index in [0.717, 1.165) is 4.90 Å². The Hall–Kier alpha value is -3.68. The van der Waals surface area contributed by atoms with E-state index in [1.807, 2.05) is 13.0 Å². The number of nitrogens with zero attached hydrogens (tertiary/aromatic N) is 1. The van der Waals surface area contributed by atoms with Gasteiger partial charge in [-0.15, -0.1) is 0 Å². The Balaban J connectivity index is 1.70. The van der Waals surface area contributed by atoms with Crippen LogP contribution in [0.25, 0.3) is 0 Å². The third kappa shape index (κ3) is 4.11. The second-order valence-corrected chi connectivity index (χ2v) is 6.75. The SMILES string of the molecule is CCC1(c2ccccc2)NC(=O)N(CC(=O)Nc2ccc(NC(C)=O)cc2)C1=O. The van der Waals surface area contributed by atoms with Crippen molar-refractivity contribution in [1.29, 1.82) is 0 Å². The normalized spacial score (nSPS) is 18.3. The van der Waals surface area contributed by atoms with Gasteiger partial charge in [0.25, 0.3) is 5.91 Å². The number of urea groups is 1. The van der Waals surface area contributed by atoms with Crippen LogP contribution in [0.2, 0.25) is 0 Å². The summed E-state index contributed by atoms with van der Waals surface area (Å²) in [6, 6.07) is 14.9. The van der Waals surface area contributed by atoms with Gasteiger partial charge >= 0.3 is 6.03 Å². The maximum Gasteiger partial charge on any atom is 0.325 e. The highest BCUT2D eigenvalue weighted by Crippen LogP contribution is 2.32. The molecule has 2 aromatic rings. The summed E-state index contributed by atoms with van der Waals surface area (Å²) >= 11 is 0. The predicted octanol–water partition coefficient (Wildman–Crippen LogP) is 2.44. The highest BCUT2D eigenvalue weighted by atomic mass is 16.2. The first-order valence-corrected chi connectivity index (χ1v) is 9.23. The lowest BCUT2D eigenvalue weighted by Gasteiger charge is -2.25. The summed E-state index contributed by atoms with van der Waals surface area (Å²) in [6.07, 6.45) is 0.365. The summed E-state index contributed by atoms with van der Waals surface area (Å²) in [4.78, 5) is 49.9. The molecule has 0 bridgehead atoms. The fourth-order valence-electron chi connectivity index (χ4n) is 3.32. The van der Waals surface area contributed by atoms with Gasteiger partial charge in [-0.1, -0.05) is 37.3 Å². The Bertz CT molecular complexity index is 943. The molecule has 0 aromatic heterocycles. The molecule has 1 heterocycles. The van der Waals surface area contributed by atoms with Crippen LogP contribution in [0.5, 0.6) is 0 Å². The second kappa shape index (κ2) is 8.14. The standard InChI is InChI=1S/C21H22N4O4/c1-3-21(15-7-5-4-6-8-15)19(28)25(20(29)24-21)13-18(27)23-17-11-9-16(10-12-17)22-14(2)26/h4-12H,3,13H2,1-2H3,(H,22,26)(H,23,27)(H,24,29). The van der Waals surface area contributed by atoms with Gasteiger partial charge in [-0.3, -0.25) is 19.3 Å². The first kappa shape index (κ1) is 20.1. The minimum absolute atomic E-state index is 0.196. The fourth-order valence-corrected chi connectivity index (χ4v) is 3.32. The first-order valence-electron chi connectivity index (χ1n) is 9.23. The van der Waals surface area contributed by atoms with Crippen molar-refractivity contribution in [2.45, 2.75) is 25.8 Å². The molecule has 1 aliphatic rings. The third-order valence-electron chi connectivity index (χ3n) is 4.76. The van der Waals surface area contributed by atoms with E-state index in [2.05, 4.69) is 16.0 Å². The van der Waals surface area contributed by atoms with Gasteiger partial charge in [-0.25, -0.2) is 4.79 Å². The van der Waals surface area contributed by atoms with Crippen molar-refractivity contribution >= 4 is 35.1 Å². The Morgan fingerprint density at radius 3 is 2.10 bits per heavy atom. The lowest BCUT2D eigenvalue weighted by molar-refractivity contribution is -0.134. The van der Waals surface area contributed by atoms with E-state index < -0.39 is 29.9 Å². The van der Waals surface area contributed by atoms with Gasteiger partial charge in [-0.2, -0.15) is 0 Å². The molecular formula is C21H22N4O4. The van der Waals surface area contributed by atoms with Crippen LogP contribution in [-0.4, -0.2) is 35.2 Å². The molecule has 1 atom stereocenters. The third-order valence-corrected chi connectivity index (χ3v) is 4.76. The first-order chi connectivity index (χ1) is 13.9. The summed E-state index contributed by atoms with van der Waals surface area (Å²) < 4.78 is 0. The van der Waals surface area contributed by atoms with Gasteiger partial charge in [0.2, 0.25) is 11.8 Å². The molecule has 1 aliphatic heterocycles. The Kier molecular flexibility index (Phi) is 5.63. The van der Waals surface area contributed by atoms with Crippen LogP contribution in [0.4, 0.5) is 16.2 Å². The average molecular weight is 394 g/mol. The van der Waals surface area contributed by atoms with Gasteiger partial charge < -0.3 is 16.0 Å². The number of hydrogen-bond donors (Lipinski definition) is 3. The Morgan fingerprint density at radius 2 is 1.55 bits per heavy atom. The molecule has 5 amide bonds. The summed E-state index contributed by atoms with van der Waals surface area (Å²) in [5.74, 6) is -1.15. The van der Waals surface area contributed by atoms with Crippen molar-refractivity contribution in [1.82, 2.24) is 10.2 Å². The zero-order chi connectivity index (χ0) is 21.0. The molecule has 0 spiro atoms. The number of imide groups is 1. The molecule has 3 rings (SSSR count). The highest BCUT2D eigenvalue weighted by Gasteiger charge is 2.51. The summed E-state index contributed by atoms with van der Waals surface area (Å²) in [5, 5.41) is 8.02. The number of nitrogens with one attached hydrogen (secondary N) is 3. The van der Waals surface area contributed by atoms with E-state index in [1.165, 1.54) is 6.92 Å². The van der Waals surface area contributed by atoms with Gasteiger partial charge in [0.1, 0.15) is 12.1 Å². The van der Waals surface area contributed by atoms with Gasteiger partial charge in [0, 0.05) is 18.3 Å². The highest BCUT2D eigenvalue weighted by molar-refractivity contribution is 6.10. The number of carbonyl (C=O) groups excluding carboxylic acids is 4. The van der Waals surface area contributed by atoms with Crippen LogP contribution in [0.15, 0.2) is 54.6 Å². The van der Waals surface area contributed by atoms with Gasteiger partial charge in [0.15, 0.2) is 0 Å². The lowest BCUT2D eigenvalue weighted by Crippen LogP contribution is -2.44. The van der Waals surface area contributed by atoms with E-state index in [-0.39, 0.29) is 5.91 Å². The molecule has 0 radical (unpaired) electrons. The number of amides is 5. The molecule has 29 heavy (non-hydrogen) atoms. The van der Waals surface area contributed by atoms with Crippen molar-refractivity contribution < 1.29 is 19.2 Å². The van der Waals surface area contributed by atoms with Crippen molar-refractivity contribution in [3.8, 4) is 0 Å². The molecular weight excluding hydrogens is 372 g/mol. The van der Waals surface area contributed by atoms with Gasteiger partial charge in [-0.05, 0) is 36.2 Å². The van der Waals surface area contributed by atoms with Crippen LogP contribution in [-0.2, 0) is 19.9 Å².